The fourth-order valence-corrected chi connectivity index (χ4v) is 3.50. The van der Waals surface area contributed by atoms with Crippen LogP contribution in [-0.4, -0.2) is 37.9 Å². The fourth-order valence-electron chi connectivity index (χ4n) is 3.50. The average molecular weight is 352 g/mol. The molecule has 0 saturated carbocycles. The first-order chi connectivity index (χ1) is 12.7. The number of aromatic nitrogens is 5. The molecule has 0 N–H and O–H groups in total. The number of nitrogens with zero attached hydrogens (tertiary/aromatic N) is 6. The number of piperidine rings is 1. The van der Waals surface area contributed by atoms with Gasteiger partial charge in [-0.3, -0.25) is 0 Å². The van der Waals surface area contributed by atoms with E-state index in [4.69, 9.17) is 4.42 Å². The van der Waals surface area contributed by atoms with Gasteiger partial charge in [-0.2, -0.15) is 14.6 Å². The van der Waals surface area contributed by atoms with Gasteiger partial charge in [0, 0.05) is 25.1 Å². The molecular formula is C18H17FN6O. The second-order valence-corrected chi connectivity index (χ2v) is 6.67. The minimum Gasteiger partial charge on any atom is -0.423 e. The van der Waals surface area contributed by atoms with Crippen molar-refractivity contribution in [3.8, 4) is 0 Å². The van der Waals surface area contributed by atoms with Crippen LogP contribution in [0.4, 0.5) is 10.4 Å². The van der Waals surface area contributed by atoms with E-state index in [1.807, 2.05) is 23.6 Å². The highest BCUT2D eigenvalue weighted by molar-refractivity contribution is 5.74. The van der Waals surface area contributed by atoms with Gasteiger partial charge in [0.05, 0.1) is 5.69 Å². The van der Waals surface area contributed by atoms with Crippen LogP contribution in [0.3, 0.4) is 0 Å². The smallest absolute Gasteiger partial charge is 0.298 e. The third-order valence-corrected chi connectivity index (χ3v) is 4.89. The van der Waals surface area contributed by atoms with Crippen molar-refractivity contribution in [2.45, 2.75) is 25.7 Å². The molecule has 0 bridgehead atoms. The van der Waals surface area contributed by atoms with E-state index in [0.717, 1.165) is 43.1 Å². The van der Waals surface area contributed by atoms with E-state index in [2.05, 4.69) is 25.2 Å². The lowest BCUT2D eigenvalue weighted by Gasteiger charge is -2.29. The van der Waals surface area contributed by atoms with Crippen molar-refractivity contribution in [1.29, 1.82) is 0 Å². The lowest BCUT2D eigenvalue weighted by molar-refractivity contribution is 0.449. The van der Waals surface area contributed by atoms with Crippen LogP contribution < -0.4 is 4.90 Å². The summed E-state index contributed by atoms with van der Waals surface area (Å²) in [5.74, 6) is 0.887. The Labute approximate surface area is 148 Å². The number of hydrogen-bond donors (Lipinski definition) is 0. The number of aryl methyl sites for hydroxylation is 1. The standard InChI is InChI=1S/C18H17FN6O/c1-11-2-5-16-21-22-17(25(16)23-11)12-6-8-24(9-7-12)18-20-14-10-13(19)3-4-15(14)26-18/h2-5,10,12H,6-9H2,1H3. The Morgan fingerprint density at radius 3 is 2.81 bits per heavy atom. The molecule has 26 heavy (non-hydrogen) atoms. The Morgan fingerprint density at radius 2 is 1.96 bits per heavy atom. The Balaban J connectivity index is 1.37. The predicted molar refractivity (Wildman–Crippen MR) is 93.7 cm³/mol. The fraction of sp³-hybridized carbons (Fsp3) is 0.333. The van der Waals surface area contributed by atoms with Crippen molar-refractivity contribution < 1.29 is 8.81 Å². The van der Waals surface area contributed by atoms with Crippen LogP contribution in [0.2, 0.25) is 0 Å². The molecule has 0 amide bonds. The number of rotatable bonds is 2. The lowest BCUT2D eigenvalue weighted by atomic mass is 9.96. The van der Waals surface area contributed by atoms with E-state index in [9.17, 15) is 4.39 Å². The molecule has 8 heteroatoms. The number of fused-ring (bicyclic) bond motifs is 2. The van der Waals surface area contributed by atoms with Gasteiger partial charge in [0.2, 0.25) is 0 Å². The van der Waals surface area contributed by atoms with Crippen LogP contribution in [0.15, 0.2) is 34.7 Å². The first kappa shape index (κ1) is 15.2. The molecule has 1 aromatic carbocycles. The summed E-state index contributed by atoms with van der Waals surface area (Å²) in [4.78, 5) is 6.51. The highest BCUT2D eigenvalue weighted by Gasteiger charge is 2.27. The number of hydrogen-bond acceptors (Lipinski definition) is 6. The van der Waals surface area contributed by atoms with Crippen molar-refractivity contribution in [2.24, 2.45) is 0 Å². The molecule has 0 unspecified atom stereocenters. The van der Waals surface area contributed by atoms with Gasteiger partial charge in [-0.15, -0.1) is 10.2 Å². The molecule has 1 aliphatic heterocycles. The van der Waals surface area contributed by atoms with Gasteiger partial charge in [0.25, 0.3) is 6.01 Å². The average Bonchev–Trinajstić information content (AvgIpc) is 3.25. The van der Waals surface area contributed by atoms with Gasteiger partial charge in [-0.1, -0.05) is 0 Å². The molecular weight excluding hydrogens is 335 g/mol. The summed E-state index contributed by atoms with van der Waals surface area (Å²) in [6, 6.07) is 8.81. The molecule has 1 fully saturated rings. The van der Waals surface area contributed by atoms with Crippen LogP contribution in [-0.2, 0) is 0 Å². The van der Waals surface area contributed by atoms with Crippen LogP contribution in [0.25, 0.3) is 16.7 Å². The molecule has 0 aliphatic carbocycles. The second kappa shape index (κ2) is 5.76. The van der Waals surface area contributed by atoms with Crippen molar-refractivity contribution in [3.63, 3.8) is 0 Å². The van der Waals surface area contributed by atoms with Gasteiger partial charge in [-0.25, -0.2) is 4.39 Å². The van der Waals surface area contributed by atoms with E-state index < -0.39 is 0 Å². The van der Waals surface area contributed by atoms with Gasteiger partial charge < -0.3 is 9.32 Å². The van der Waals surface area contributed by atoms with E-state index in [1.54, 1.807) is 6.07 Å². The van der Waals surface area contributed by atoms with E-state index in [-0.39, 0.29) is 11.7 Å². The largest absolute Gasteiger partial charge is 0.423 e. The molecule has 1 saturated heterocycles. The summed E-state index contributed by atoms with van der Waals surface area (Å²) in [5.41, 5.74) is 2.86. The summed E-state index contributed by atoms with van der Waals surface area (Å²) >= 11 is 0. The highest BCUT2D eigenvalue weighted by atomic mass is 19.1. The topological polar surface area (TPSA) is 72.4 Å². The maximum Gasteiger partial charge on any atom is 0.298 e. The van der Waals surface area contributed by atoms with Crippen molar-refractivity contribution in [3.05, 3.63) is 47.7 Å². The molecule has 4 aromatic rings. The van der Waals surface area contributed by atoms with Gasteiger partial charge in [0.15, 0.2) is 17.1 Å². The highest BCUT2D eigenvalue weighted by Crippen LogP contribution is 2.31. The Kier molecular flexibility index (Phi) is 3.37. The van der Waals surface area contributed by atoms with E-state index >= 15 is 0 Å². The van der Waals surface area contributed by atoms with E-state index in [1.165, 1.54) is 12.1 Å². The lowest BCUT2D eigenvalue weighted by Crippen LogP contribution is -2.33. The van der Waals surface area contributed by atoms with Crippen LogP contribution in [0.5, 0.6) is 0 Å². The third-order valence-electron chi connectivity index (χ3n) is 4.89. The van der Waals surface area contributed by atoms with Crippen LogP contribution in [0, 0.1) is 12.7 Å². The summed E-state index contributed by atoms with van der Waals surface area (Å²) in [6.45, 7) is 3.54. The quantitative estimate of drug-likeness (QED) is 0.552. The minimum absolute atomic E-state index is 0.289. The Morgan fingerprint density at radius 1 is 1.12 bits per heavy atom. The molecule has 3 aromatic heterocycles. The molecule has 0 radical (unpaired) electrons. The molecule has 0 atom stereocenters. The third kappa shape index (κ3) is 2.49. The van der Waals surface area contributed by atoms with Gasteiger partial charge in [-0.05, 0) is 44.0 Å². The number of oxazole rings is 1. The summed E-state index contributed by atoms with van der Waals surface area (Å²) in [7, 11) is 0. The zero-order chi connectivity index (χ0) is 17.7. The van der Waals surface area contributed by atoms with Crippen LogP contribution in [0.1, 0.15) is 30.3 Å². The monoisotopic (exact) mass is 352 g/mol. The van der Waals surface area contributed by atoms with Crippen LogP contribution >= 0.6 is 0 Å². The van der Waals surface area contributed by atoms with E-state index in [0.29, 0.717) is 17.1 Å². The van der Waals surface area contributed by atoms with Crippen molar-refractivity contribution in [1.82, 2.24) is 24.8 Å². The SMILES string of the molecule is Cc1ccc2nnc(C3CCN(c4nc5cc(F)ccc5o4)CC3)n2n1. The first-order valence-electron chi connectivity index (χ1n) is 8.67. The molecule has 7 nitrogen and oxygen atoms in total. The molecule has 4 heterocycles. The van der Waals surface area contributed by atoms with Gasteiger partial charge in [0.1, 0.15) is 11.3 Å². The Hall–Kier alpha value is -3.03. The predicted octanol–water partition coefficient (Wildman–Crippen LogP) is 3.10. The number of halogens is 1. The summed E-state index contributed by atoms with van der Waals surface area (Å²) in [5, 5.41) is 13.1. The number of benzene rings is 1. The molecule has 1 aliphatic rings. The molecule has 5 rings (SSSR count). The summed E-state index contributed by atoms with van der Waals surface area (Å²) in [6.07, 6.45) is 1.81. The normalized spacial score (nSPS) is 16.0. The van der Waals surface area contributed by atoms with Gasteiger partial charge >= 0.3 is 0 Å². The summed E-state index contributed by atoms with van der Waals surface area (Å²) < 4.78 is 21.0. The maximum absolute atomic E-state index is 13.3. The molecule has 132 valence electrons. The Bertz CT molecular complexity index is 1100. The second-order valence-electron chi connectivity index (χ2n) is 6.67. The molecule has 0 spiro atoms. The maximum atomic E-state index is 13.3. The van der Waals surface area contributed by atoms with Crippen molar-refractivity contribution in [2.75, 3.05) is 18.0 Å². The zero-order valence-corrected chi connectivity index (χ0v) is 14.3. The number of anilines is 1. The van der Waals surface area contributed by atoms with Crippen molar-refractivity contribution >= 4 is 22.8 Å². The first-order valence-corrected chi connectivity index (χ1v) is 8.67. The minimum atomic E-state index is -0.308. The zero-order valence-electron chi connectivity index (χ0n) is 14.3.